The summed E-state index contributed by atoms with van der Waals surface area (Å²) in [4.78, 5) is 15.5. The molecule has 0 bridgehead atoms. The van der Waals surface area contributed by atoms with Crippen LogP contribution >= 0.6 is 0 Å². The Morgan fingerprint density at radius 1 is 1.07 bits per heavy atom. The Bertz CT molecular complexity index is 779. The first-order chi connectivity index (χ1) is 13.3. The first kappa shape index (κ1) is 21.1. The van der Waals surface area contributed by atoms with Crippen LogP contribution in [-0.2, 0) is 14.8 Å². The molecule has 6 nitrogen and oxygen atoms in total. The van der Waals surface area contributed by atoms with Crippen molar-refractivity contribution in [3.05, 3.63) is 24.3 Å². The van der Waals surface area contributed by atoms with Crippen LogP contribution in [-0.4, -0.2) is 55.8 Å². The number of rotatable bonds is 7. The van der Waals surface area contributed by atoms with E-state index in [4.69, 9.17) is 4.74 Å². The number of nitrogens with zero attached hydrogens (tertiary/aromatic N) is 2. The van der Waals surface area contributed by atoms with E-state index < -0.39 is 10.0 Å². The fourth-order valence-electron chi connectivity index (χ4n) is 3.84. The zero-order valence-electron chi connectivity index (χ0n) is 17.3. The first-order valence-electron chi connectivity index (χ1n) is 10.2. The summed E-state index contributed by atoms with van der Waals surface area (Å²) in [6.07, 6.45) is 3.35. The third-order valence-corrected chi connectivity index (χ3v) is 8.01. The minimum Gasteiger partial charge on any atom is -0.497 e. The highest BCUT2D eigenvalue weighted by Gasteiger charge is 2.41. The summed E-state index contributed by atoms with van der Waals surface area (Å²) < 4.78 is 32.4. The molecule has 1 amide bonds. The Balaban J connectivity index is 1.65. The lowest BCUT2D eigenvalue weighted by Gasteiger charge is -2.37. The molecule has 1 aliphatic carbocycles. The predicted molar refractivity (Wildman–Crippen MR) is 109 cm³/mol. The highest BCUT2D eigenvalue weighted by Crippen LogP contribution is 2.34. The molecular formula is C21H32N2O4S. The van der Waals surface area contributed by atoms with E-state index >= 15 is 0 Å². The summed E-state index contributed by atoms with van der Waals surface area (Å²) in [6.45, 7) is 7.21. The largest absolute Gasteiger partial charge is 0.497 e. The van der Waals surface area contributed by atoms with Crippen LogP contribution in [0.15, 0.2) is 29.2 Å². The molecular weight excluding hydrogens is 376 g/mol. The van der Waals surface area contributed by atoms with Gasteiger partial charge in [0.1, 0.15) is 5.75 Å². The minimum atomic E-state index is -3.54. The first-order valence-corrected chi connectivity index (χ1v) is 11.7. The maximum atomic E-state index is 13.2. The summed E-state index contributed by atoms with van der Waals surface area (Å²) in [6, 6.07) is 7.07. The molecule has 0 radical (unpaired) electrons. The normalized spacial score (nSPS) is 20.2. The molecule has 1 saturated carbocycles. The van der Waals surface area contributed by atoms with Crippen LogP contribution in [0.3, 0.4) is 0 Å². The molecule has 0 aromatic heterocycles. The van der Waals surface area contributed by atoms with Gasteiger partial charge in [0.25, 0.3) is 0 Å². The molecule has 1 atom stereocenters. The van der Waals surface area contributed by atoms with Gasteiger partial charge in [0, 0.05) is 31.1 Å². The van der Waals surface area contributed by atoms with Gasteiger partial charge in [0.05, 0.1) is 12.0 Å². The van der Waals surface area contributed by atoms with Gasteiger partial charge in [-0.15, -0.1) is 0 Å². The van der Waals surface area contributed by atoms with E-state index in [1.165, 1.54) is 4.31 Å². The number of carbonyl (C=O) groups is 1. The molecule has 1 aliphatic heterocycles. The van der Waals surface area contributed by atoms with E-state index in [9.17, 15) is 13.2 Å². The van der Waals surface area contributed by atoms with E-state index in [0.29, 0.717) is 43.6 Å². The summed E-state index contributed by atoms with van der Waals surface area (Å²) >= 11 is 0. The number of hydrogen-bond acceptors (Lipinski definition) is 4. The topological polar surface area (TPSA) is 66.9 Å². The third kappa shape index (κ3) is 4.35. The van der Waals surface area contributed by atoms with Gasteiger partial charge < -0.3 is 9.64 Å². The molecule has 1 unspecified atom stereocenters. The Morgan fingerprint density at radius 2 is 1.64 bits per heavy atom. The molecule has 0 N–H and O–H groups in total. The molecule has 156 valence electrons. The van der Waals surface area contributed by atoms with Crippen molar-refractivity contribution in [2.75, 3.05) is 20.2 Å². The minimum absolute atomic E-state index is 0.0795. The van der Waals surface area contributed by atoms with E-state index in [1.807, 2.05) is 0 Å². The van der Waals surface area contributed by atoms with Crippen LogP contribution in [0.2, 0.25) is 0 Å². The van der Waals surface area contributed by atoms with Gasteiger partial charge in [0.2, 0.25) is 15.9 Å². The molecule has 1 aromatic rings. The van der Waals surface area contributed by atoms with E-state index in [-0.39, 0.29) is 22.8 Å². The Labute approximate surface area is 168 Å². The zero-order chi connectivity index (χ0) is 20.5. The Morgan fingerprint density at radius 3 is 2.11 bits per heavy atom. The lowest BCUT2D eigenvalue weighted by atomic mass is 9.94. The molecule has 1 heterocycles. The van der Waals surface area contributed by atoms with Crippen LogP contribution < -0.4 is 4.74 Å². The number of carbonyl (C=O) groups excluding carboxylic acids is 1. The molecule has 1 aromatic carbocycles. The summed E-state index contributed by atoms with van der Waals surface area (Å²) in [5, 5.41) is 0. The van der Waals surface area contributed by atoms with Crippen LogP contribution in [0.1, 0.15) is 46.5 Å². The average Bonchev–Trinajstić information content (AvgIpc) is 3.53. The number of methoxy groups -OCH3 is 1. The fraction of sp³-hybridized carbons (Fsp3) is 0.667. The van der Waals surface area contributed by atoms with Crippen LogP contribution in [0.4, 0.5) is 0 Å². The highest BCUT2D eigenvalue weighted by atomic mass is 32.2. The van der Waals surface area contributed by atoms with Crippen LogP contribution in [0.5, 0.6) is 5.75 Å². The Kier molecular flexibility index (Phi) is 6.34. The Hall–Kier alpha value is -1.60. The second kappa shape index (κ2) is 8.41. The van der Waals surface area contributed by atoms with Crippen LogP contribution in [0, 0.1) is 11.8 Å². The van der Waals surface area contributed by atoms with Gasteiger partial charge >= 0.3 is 0 Å². The van der Waals surface area contributed by atoms with Gasteiger partial charge in [-0.3, -0.25) is 4.79 Å². The van der Waals surface area contributed by atoms with E-state index in [1.54, 1.807) is 31.4 Å². The van der Waals surface area contributed by atoms with Crippen molar-refractivity contribution in [2.45, 2.75) is 63.4 Å². The maximum Gasteiger partial charge on any atom is 0.243 e. The van der Waals surface area contributed by atoms with Crippen LogP contribution in [0.25, 0.3) is 0 Å². The highest BCUT2D eigenvalue weighted by molar-refractivity contribution is 7.89. The van der Waals surface area contributed by atoms with Gasteiger partial charge in [-0.1, -0.05) is 13.8 Å². The predicted octanol–water partition coefficient (Wildman–Crippen LogP) is 3.13. The number of amides is 1. The number of sulfonamides is 1. The molecule has 0 spiro atoms. The molecule has 7 heteroatoms. The average molecular weight is 409 g/mol. The smallest absolute Gasteiger partial charge is 0.243 e. The molecule has 2 fully saturated rings. The second-order valence-electron chi connectivity index (χ2n) is 8.32. The lowest BCUT2D eigenvalue weighted by molar-refractivity contribution is -0.140. The standard InChI is InChI=1S/C21H32N2O4S/c1-15(2)16(3)23(18-5-6-18)21(24)17-11-13-22(14-12-17)28(25,26)20-9-7-19(27-4)8-10-20/h7-10,15-18H,5-6,11-14H2,1-4H3. The van der Waals surface area contributed by atoms with Gasteiger partial charge in [-0.2, -0.15) is 4.31 Å². The summed E-state index contributed by atoms with van der Waals surface area (Å²) in [7, 11) is -1.99. The van der Waals surface area contributed by atoms with E-state index in [0.717, 1.165) is 12.8 Å². The van der Waals surface area contributed by atoms with Gasteiger partial charge in [-0.25, -0.2) is 8.42 Å². The van der Waals surface area contributed by atoms with Crippen molar-refractivity contribution < 1.29 is 17.9 Å². The van der Waals surface area contributed by atoms with Crippen molar-refractivity contribution in [1.82, 2.24) is 9.21 Å². The van der Waals surface area contributed by atoms with Crippen molar-refractivity contribution in [2.24, 2.45) is 11.8 Å². The maximum absolute atomic E-state index is 13.2. The summed E-state index contributed by atoms with van der Waals surface area (Å²) in [5.41, 5.74) is 0. The number of benzene rings is 1. The SMILES string of the molecule is COc1ccc(S(=O)(=O)N2CCC(C(=O)N(C3CC3)C(C)C(C)C)CC2)cc1. The quantitative estimate of drug-likeness (QED) is 0.695. The molecule has 2 aliphatic rings. The van der Waals surface area contributed by atoms with E-state index in [2.05, 4.69) is 25.7 Å². The second-order valence-corrected chi connectivity index (χ2v) is 10.3. The van der Waals surface area contributed by atoms with Gasteiger partial charge in [-0.05, 0) is 62.8 Å². The molecule has 1 saturated heterocycles. The number of piperidine rings is 1. The molecule has 3 rings (SSSR count). The van der Waals surface area contributed by atoms with Gasteiger partial charge in [0.15, 0.2) is 0 Å². The monoisotopic (exact) mass is 408 g/mol. The number of ether oxygens (including phenoxy) is 1. The van der Waals surface area contributed by atoms with Crippen molar-refractivity contribution in [3.8, 4) is 5.75 Å². The lowest BCUT2D eigenvalue weighted by Crippen LogP contribution is -2.49. The van der Waals surface area contributed by atoms with Crippen molar-refractivity contribution in [1.29, 1.82) is 0 Å². The summed E-state index contributed by atoms with van der Waals surface area (Å²) in [5.74, 6) is 1.18. The third-order valence-electron chi connectivity index (χ3n) is 6.10. The zero-order valence-corrected chi connectivity index (χ0v) is 18.1. The molecule has 28 heavy (non-hydrogen) atoms. The number of hydrogen-bond donors (Lipinski definition) is 0. The van der Waals surface area contributed by atoms with Crippen molar-refractivity contribution in [3.63, 3.8) is 0 Å². The van der Waals surface area contributed by atoms with Crippen molar-refractivity contribution >= 4 is 15.9 Å². The fourth-order valence-corrected chi connectivity index (χ4v) is 5.31.